The lowest BCUT2D eigenvalue weighted by Crippen LogP contribution is -2.32. The van der Waals surface area contributed by atoms with Gasteiger partial charge in [-0.2, -0.15) is 0 Å². The van der Waals surface area contributed by atoms with Gasteiger partial charge in [-0.3, -0.25) is 9.79 Å². The monoisotopic (exact) mass is 233 g/mol. The second-order valence-electron chi connectivity index (χ2n) is 4.03. The van der Waals surface area contributed by atoms with E-state index in [0.717, 1.165) is 24.3 Å². The van der Waals surface area contributed by atoms with Crippen LogP contribution in [0, 0.1) is 0 Å². The highest BCUT2D eigenvalue weighted by atomic mass is 16.4. The van der Waals surface area contributed by atoms with E-state index in [1.54, 1.807) is 0 Å². The Kier molecular flexibility index (Phi) is 3.39. The first-order chi connectivity index (χ1) is 8.16. The molecule has 1 atom stereocenters. The molecule has 1 aromatic carbocycles. The van der Waals surface area contributed by atoms with Gasteiger partial charge in [0.15, 0.2) is 0 Å². The third-order valence-corrected chi connectivity index (χ3v) is 2.73. The molecule has 1 aliphatic rings. The fraction of sp³-hybridized carbons (Fsp3) is 0.333. The van der Waals surface area contributed by atoms with E-state index in [1.807, 2.05) is 30.6 Å². The van der Waals surface area contributed by atoms with Crippen molar-refractivity contribution < 1.29 is 9.90 Å². The summed E-state index contributed by atoms with van der Waals surface area (Å²) in [6, 6.07) is 6.89. The van der Waals surface area contributed by atoms with E-state index in [-0.39, 0.29) is 0 Å². The number of rotatable bonds is 4. The zero-order valence-electron chi connectivity index (χ0n) is 9.41. The topological polar surface area (TPSA) is 78.9 Å². The largest absolute Gasteiger partial charge is 0.480 e. The molecule has 5 nitrogen and oxygen atoms in total. The Morgan fingerprint density at radius 1 is 1.47 bits per heavy atom. The molecule has 1 aromatic rings. The van der Waals surface area contributed by atoms with Crippen LogP contribution in [-0.2, 0) is 11.2 Å². The van der Waals surface area contributed by atoms with Crippen LogP contribution in [0.5, 0.6) is 0 Å². The van der Waals surface area contributed by atoms with Crippen LogP contribution in [-0.4, -0.2) is 36.5 Å². The van der Waals surface area contributed by atoms with E-state index < -0.39 is 12.0 Å². The number of aliphatic imine (C=N–C) groups is 1. The number of carbonyl (C=O) groups is 1. The molecule has 90 valence electrons. The van der Waals surface area contributed by atoms with Crippen LogP contribution >= 0.6 is 0 Å². The quantitative estimate of drug-likeness (QED) is 0.793. The van der Waals surface area contributed by atoms with Crippen molar-refractivity contribution in [3.63, 3.8) is 0 Å². The minimum Gasteiger partial charge on any atom is -0.480 e. The van der Waals surface area contributed by atoms with Gasteiger partial charge in [-0.1, -0.05) is 12.1 Å². The van der Waals surface area contributed by atoms with E-state index in [4.69, 9.17) is 10.8 Å². The first-order valence-electron chi connectivity index (χ1n) is 5.51. The summed E-state index contributed by atoms with van der Waals surface area (Å²) in [5, 5.41) is 8.72. The number of carboxylic acid groups (broad SMARTS) is 1. The predicted octanol–water partition coefficient (Wildman–Crippen LogP) is 0.489. The number of anilines is 1. The summed E-state index contributed by atoms with van der Waals surface area (Å²) < 4.78 is 0. The van der Waals surface area contributed by atoms with Gasteiger partial charge in [0.05, 0.1) is 12.9 Å². The second kappa shape index (κ2) is 4.97. The number of hydrogen-bond donors (Lipinski definition) is 2. The van der Waals surface area contributed by atoms with E-state index in [0.29, 0.717) is 6.42 Å². The number of carboxylic acids is 1. The Bertz CT molecular complexity index is 428. The van der Waals surface area contributed by atoms with Gasteiger partial charge in [0.25, 0.3) is 0 Å². The summed E-state index contributed by atoms with van der Waals surface area (Å²) in [4.78, 5) is 16.8. The Hall–Kier alpha value is -1.88. The summed E-state index contributed by atoms with van der Waals surface area (Å²) >= 11 is 0. The number of nitrogens with two attached hydrogens (primary N) is 1. The van der Waals surface area contributed by atoms with Crippen LogP contribution in [0.25, 0.3) is 0 Å². The van der Waals surface area contributed by atoms with Gasteiger partial charge in [-0.05, 0) is 24.1 Å². The molecule has 1 aliphatic heterocycles. The van der Waals surface area contributed by atoms with Crippen molar-refractivity contribution in [2.45, 2.75) is 12.5 Å². The molecule has 2 rings (SSSR count). The van der Waals surface area contributed by atoms with Crippen LogP contribution in [0.2, 0.25) is 0 Å². The van der Waals surface area contributed by atoms with Crippen LogP contribution in [0.3, 0.4) is 0 Å². The standard InChI is InChI=1S/C12H15N3O2/c13-11(12(16)17)7-9-1-3-10(4-2-9)15-6-5-14-8-15/h1-4,8,11H,5-7,13H2,(H,16,17). The van der Waals surface area contributed by atoms with E-state index in [1.165, 1.54) is 0 Å². The van der Waals surface area contributed by atoms with E-state index in [9.17, 15) is 4.79 Å². The molecule has 0 spiro atoms. The second-order valence-corrected chi connectivity index (χ2v) is 4.03. The van der Waals surface area contributed by atoms with Gasteiger partial charge in [0.1, 0.15) is 6.04 Å². The molecule has 0 amide bonds. The van der Waals surface area contributed by atoms with Gasteiger partial charge in [-0.25, -0.2) is 0 Å². The van der Waals surface area contributed by atoms with E-state index in [2.05, 4.69) is 9.89 Å². The van der Waals surface area contributed by atoms with Crippen molar-refractivity contribution in [1.82, 2.24) is 0 Å². The maximum atomic E-state index is 10.6. The lowest BCUT2D eigenvalue weighted by Gasteiger charge is -2.14. The zero-order valence-corrected chi connectivity index (χ0v) is 9.41. The number of nitrogens with zero attached hydrogens (tertiary/aromatic N) is 2. The summed E-state index contributed by atoms with van der Waals surface area (Å²) in [6.45, 7) is 1.72. The van der Waals surface area contributed by atoms with Crippen molar-refractivity contribution in [2.24, 2.45) is 10.7 Å². The van der Waals surface area contributed by atoms with Crippen molar-refractivity contribution in [2.75, 3.05) is 18.0 Å². The van der Waals surface area contributed by atoms with Crippen molar-refractivity contribution in [1.29, 1.82) is 0 Å². The molecule has 0 radical (unpaired) electrons. The lowest BCUT2D eigenvalue weighted by atomic mass is 10.1. The predicted molar refractivity (Wildman–Crippen MR) is 66.5 cm³/mol. The third kappa shape index (κ3) is 2.82. The third-order valence-electron chi connectivity index (χ3n) is 2.73. The van der Waals surface area contributed by atoms with Crippen molar-refractivity contribution >= 4 is 18.0 Å². The minimum atomic E-state index is -0.972. The molecule has 1 heterocycles. The van der Waals surface area contributed by atoms with Crippen LogP contribution in [0.4, 0.5) is 5.69 Å². The van der Waals surface area contributed by atoms with Crippen molar-refractivity contribution in [3.05, 3.63) is 29.8 Å². The number of aliphatic carboxylic acids is 1. The lowest BCUT2D eigenvalue weighted by molar-refractivity contribution is -0.138. The molecule has 1 unspecified atom stereocenters. The van der Waals surface area contributed by atoms with Gasteiger partial charge >= 0.3 is 5.97 Å². The Morgan fingerprint density at radius 2 is 2.18 bits per heavy atom. The van der Waals surface area contributed by atoms with Crippen LogP contribution in [0.1, 0.15) is 5.56 Å². The molecule has 0 aliphatic carbocycles. The molecule has 17 heavy (non-hydrogen) atoms. The Morgan fingerprint density at radius 3 is 2.71 bits per heavy atom. The average molecular weight is 233 g/mol. The molecule has 0 fully saturated rings. The first-order valence-corrected chi connectivity index (χ1v) is 5.51. The summed E-state index contributed by atoms with van der Waals surface area (Å²) in [6.07, 6.45) is 2.17. The van der Waals surface area contributed by atoms with Gasteiger partial charge in [-0.15, -0.1) is 0 Å². The maximum Gasteiger partial charge on any atom is 0.320 e. The average Bonchev–Trinajstić information content (AvgIpc) is 2.83. The Balaban J connectivity index is 2.02. The molecule has 0 saturated heterocycles. The van der Waals surface area contributed by atoms with Crippen molar-refractivity contribution in [3.8, 4) is 0 Å². The number of hydrogen-bond acceptors (Lipinski definition) is 4. The highest BCUT2D eigenvalue weighted by molar-refractivity contribution is 5.81. The summed E-state index contributed by atoms with van der Waals surface area (Å²) in [7, 11) is 0. The fourth-order valence-corrected chi connectivity index (χ4v) is 1.74. The molecule has 0 aromatic heterocycles. The van der Waals surface area contributed by atoms with Crippen LogP contribution in [0.15, 0.2) is 29.3 Å². The highest BCUT2D eigenvalue weighted by Crippen LogP contribution is 2.16. The van der Waals surface area contributed by atoms with E-state index >= 15 is 0 Å². The molecule has 5 heteroatoms. The zero-order chi connectivity index (χ0) is 12.3. The molecule has 3 N–H and O–H groups in total. The fourth-order valence-electron chi connectivity index (χ4n) is 1.74. The maximum absolute atomic E-state index is 10.6. The van der Waals surface area contributed by atoms with Gasteiger partial charge in [0, 0.05) is 12.2 Å². The molecular formula is C12H15N3O2. The first kappa shape index (κ1) is 11.6. The highest BCUT2D eigenvalue weighted by Gasteiger charge is 2.12. The summed E-state index contributed by atoms with van der Waals surface area (Å²) in [5.41, 5.74) is 7.48. The SMILES string of the molecule is NC(Cc1ccc(N2C=NCC2)cc1)C(=O)O. The van der Waals surface area contributed by atoms with Gasteiger partial charge < -0.3 is 15.7 Å². The number of benzene rings is 1. The normalized spacial score (nSPS) is 16.2. The Labute approximate surface area is 99.6 Å². The van der Waals surface area contributed by atoms with Crippen LogP contribution < -0.4 is 10.6 Å². The molecule has 0 bridgehead atoms. The van der Waals surface area contributed by atoms with Gasteiger partial charge in [0.2, 0.25) is 0 Å². The minimum absolute atomic E-state index is 0.351. The smallest absolute Gasteiger partial charge is 0.320 e. The summed E-state index contributed by atoms with van der Waals surface area (Å²) in [5.74, 6) is -0.972. The molecule has 0 saturated carbocycles. The molecular weight excluding hydrogens is 218 g/mol.